The summed E-state index contributed by atoms with van der Waals surface area (Å²) in [7, 11) is 0. The van der Waals surface area contributed by atoms with Gasteiger partial charge in [0.1, 0.15) is 0 Å². The maximum Gasteiger partial charge on any atom is 0.228 e. The second-order valence-electron chi connectivity index (χ2n) is 6.72. The molecule has 4 nitrogen and oxygen atoms in total. The third kappa shape index (κ3) is 3.60. The molecule has 0 aliphatic carbocycles. The van der Waals surface area contributed by atoms with E-state index >= 15 is 0 Å². The van der Waals surface area contributed by atoms with Gasteiger partial charge in [0.25, 0.3) is 0 Å². The van der Waals surface area contributed by atoms with Crippen LogP contribution in [-0.4, -0.2) is 11.8 Å². The molecular weight excluding hydrogens is 324 g/mol. The maximum atomic E-state index is 12.2. The average molecular weight is 343 g/mol. The summed E-state index contributed by atoms with van der Waals surface area (Å²) in [5, 5.41) is 6.45. The van der Waals surface area contributed by atoms with Crippen molar-refractivity contribution in [3.63, 3.8) is 0 Å². The second-order valence-corrected chi connectivity index (χ2v) is 7.16. The number of halogens is 1. The molecular formula is C19H19ClN2O2. The highest BCUT2D eigenvalue weighted by Gasteiger charge is 2.32. The van der Waals surface area contributed by atoms with E-state index in [-0.39, 0.29) is 23.7 Å². The summed E-state index contributed by atoms with van der Waals surface area (Å²) in [5.41, 5.74) is 3.23. The van der Waals surface area contributed by atoms with Crippen molar-refractivity contribution in [2.75, 3.05) is 10.6 Å². The van der Waals surface area contributed by atoms with Crippen molar-refractivity contribution in [1.29, 1.82) is 0 Å². The van der Waals surface area contributed by atoms with Crippen LogP contribution in [0.15, 0.2) is 42.5 Å². The van der Waals surface area contributed by atoms with E-state index < -0.39 is 0 Å². The van der Waals surface area contributed by atoms with Crippen molar-refractivity contribution in [3.05, 3.63) is 58.6 Å². The Bertz CT molecular complexity index is 798. The van der Waals surface area contributed by atoms with Crippen LogP contribution in [0.2, 0.25) is 5.02 Å². The van der Waals surface area contributed by atoms with Gasteiger partial charge >= 0.3 is 0 Å². The Labute approximate surface area is 146 Å². The molecule has 1 aliphatic heterocycles. The molecule has 124 valence electrons. The molecule has 0 aromatic heterocycles. The third-order valence-electron chi connectivity index (χ3n) is 4.19. The van der Waals surface area contributed by atoms with Gasteiger partial charge in [-0.05, 0) is 41.5 Å². The van der Waals surface area contributed by atoms with Gasteiger partial charge in [-0.15, -0.1) is 0 Å². The number of anilines is 2. The van der Waals surface area contributed by atoms with Gasteiger partial charge in [-0.25, -0.2) is 0 Å². The maximum absolute atomic E-state index is 12.2. The van der Waals surface area contributed by atoms with Crippen LogP contribution in [0.3, 0.4) is 0 Å². The molecule has 3 rings (SSSR count). The number of fused-ring (bicyclic) bond motifs is 1. The summed E-state index contributed by atoms with van der Waals surface area (Å²) in [6, 6.07) is 12.8. The molecule has 0 unspecified atom stereocenters. The van der Waals surface area contributed by atoms with Gasteiger partial charge in [0.2, 0.25) is 11.8 Å². The fraction of sp³-hybridized carbons (Fsp3) is 0.263. The lowest BCUT2D eigenvalue weighted by Gasteiger charge is -2.32. The quantitative estimate of drug-likeness (QED) is 0.880. The van der Waals surface area contributed by atoms with Crippen molar-refractivity contribution in [3.8, 4) is 0 Å². The first kappa shape index (κ1) is 16.5. The monoisotopic (exact) mass is 342 g/mol. The van der Waals surface area contributed by atoms with Crippen molar-refractivity contribution in [2.24, 2.45) is 0 Å². The van der Waals surface area contributed by atoms with E-state index in [1.807, 2.05) is 38.1 Å². The van der Waals surface area contributed by atoms with Gasteiger partial charge in [0.05, 0.1) is 6.42 Å². The number of hydrogen-bond acceptors (Lipinski definition) is 2. The predicted octanol–water partition coefficient (Wildman–Crippen LogP) is 4.14. The molecule has 0 fully saturated rings. The van der Waals surface area contributed by atoms with Crippen LogP contribution >= 0.6 is 11.6 Å². The number of amides is 2. The molecule has 0 radical (unpaired) electrons. The number of nitrogens with one attached hydrogen (secondary N) is 2. The Morgan fingerprint density at radius 1 is 1.21 bits per heavy atom. The second kappa shape index (κ2) is 6.29. The summed E-state index contributed by atoms with van der Waals surface area (Å²) in [4.78, 5) is 24.0. The zero-order valence-electron chi connectivity index (χ0n) is 13.7. The van der Waals surface area contributed by atoms with Crippen LogP contribution < -0.4 is 10.6 Å². The molecule has 0 saturated heterocycles. The molecule has 0 atom stereocenters. The van der Waals surface area contributed by atoms with Crippen molar-refractivity contribution >= 4 is 34.8 Å². The molecule has 2 amide bonds. The zero-order chi connectivity index (χ0) is 17.3. The standard InChI is InChI=1S/C19H19ClN2O2/c1-19(2)11-18(24)22-16-8-7-14(10-15(16)19)21-17(23)9-12-3-5-13(20)6-4-12/h3-8,10H,9,11H2,1-2H3,(H,21,23)(H,22,24). The minimum absolute atomic E-state index is 0.0204. The van der Waals surface area contributed by atoms with E-state index in [0.29, 0.717) is 11.4 Å². The van der Waals surface area contributed by atoms with Crippen LogP contribution in [0.5, 0.6) is 0 Å². The number of carbonyl (C=O) groups excluding carboxylic acids is 2. The largest absolute Gasteiger partial charge is 0.326 e. The Hall–Kier alpha value is -2.33. The topological polar surface area (TPSA) is 58.2 Å². The van der Waals surface area contributed by atoms with Gasteiger partial charge in [-0.1, -0.05) is 37.6 Å². The van der Waals surface area contributed by atoms with Gasteiger partial charge in [0.15, 0.2) is 0 Å². The van der Waals surface area contributed by atoms with Gasteiger partial charge in [-0.3, -0.25) is 9.59 Å². The van der Waals surface area contributed by atoms with Crippen LogP contribution in [0.1, 0.15) is 31.4 Å². The first-order valence-corrected chi connectivity index (χ1v) is 8.20. The number of rotatable bonds is 3. The molecule has 0 saturated carbocycles. The van der Waals surface area contributed by atoms with Crippen LogP contribution in [0, 0.1) is 0 Å². The van der Waals surface area contributed by atoms with Crippen molar-refractivity contribution in [1.82, 2.24) is 0 Å². The highest BCUT2D eigenvalue weighted by Crippen LogP contribution is 2.38. The molecule has 24 heavy (non-hydrogen) atoms. The van der Waals surface area contributed by atoms with E-state index in [4.69, 9.17) is 11.6 Å². The van der Waals surface area contributed by atoms with Gasteiger partial charge in [0, 0.05) is 28.2 Å². The molecule has 2 N–H and O–H groups in total. The zero-order valence-corrected chi connectivity index (χ0v) is 14.4. The molecule has 5 heteroatoms. The van der Waals surface area contributed by atoms with E-state index in [1.54, 1.807) is 18.2 Å². The van der Waals surface area contributed by atoms with Crippen LogP contribution in [-0.2, 0) is 21.4 Å². The lowest BCUT2D eigenvalue weighted by molar-refractivity contribution is -0.117. The Morgan fingerprint density at radius 3 is 2.62 bits per heavy atom. The van der Waals surface area contributed by atoms with Gasteiger partial charge in [-0.2, -0.15) is 0 Å². The molecule has 0 bridgehead atoms. The summed E-state index contributed by atoms with van der Waals surface area (Å²) in [5.74, 6) is -0.0676. The summed E-state index contributed by atoms with van der Waals surface area (Å²) >= 11 is 5.85. The van der Waals surface area contributed by atoms with Crippen molar-refractivity contribution < 1.29 is 9.59 Å². The van der Waals surface area contributed by atoms with E-state index in [2.05, 4.69) is 10.6 Å². The average Bonchev–Trinajstić information content (AvgIpc) is 2.49. The van der Waals surface area contributed by atoms with Crippen LogP contribution in [0.4, 0.5) is 11.4 Å². The van der Waals surface area contributed by atoms with Gasteiger partial charge < -0.3 is 10.6 Å². The van der Waals surface area contributed by atoms with Crippen molar-refractivity contribution in [2.45, 2.75) is 32.1 Å². The highest BCUT2D eigenvalue weighted by molar-refractivity contribution is 6.30. The molecule has 1 aliphatic rings. The normalized spacial score (nSPS) is 15.4. The molecule has 1 heterocycles. The molecule has 2 aromatic rings. The Morgan fingerprint density at radius 2 is 1.92 bits per heavy atom. The SMILES string of the molecule is CC1(C)CC(=O)Nc2ccc(NC(=O)Cc3ccc(Cl)cc3)cc21. The van der Waals surface area contributed by atoms with Crippen LogP contribution in [0.25, 0.3) is 0 Å². The number of hydrogen-bond donors (Lipinski definition) is 2. The summed E-state index contributed by atoms with van der Waals surface area (Å²) in [6.07, 6.45) is 0.719. The molecule has 0 spiro atoms. The lowest BCUT2D eigenvalue weighted by Crippen LogP contribution is -2.32. The summed E-state index contributed by atoms with van der Waals surface area (Å²) in [6.45, 7) is 4.06. The summed E-state index contributed by atoms with van der Waals surface area (Å²) < 4.78 is 0. The first-order chi connectivity index (χ1) is 11.3. The lowest BCUT2D eigenvalue weighted by atomic mass is 9.78. The fourth-order valence-corrected chi connectivity index (χ4v) is 3.10. The minimum atomic E-state index is -0.255. The number of benzene rings is 2. The third-order valence-corrected chi connectivity index (χ3v) is 4.44. The first-order valence-electron chi connectivity index (χ1n) is 7.82. The Balaban J connectivity index is 1.75. The van der Waals surface area contributed by atoms with E-state index in [1.165, 1.54) is 0 Å². The highest BCUT2D eigenvalue weighted by atomic mass is 35.5. The Kier molecular flexibility index (Phi) is 4.33. The smallest absolute Gasteiger partial charge is 0.228 e. The number of carbonyl (C=O) groups is 2. The van der Waals surface area contributed by atoms with E-state index in [0.717, 1.165) is 22.5 Å². The van der Waals surface area contributed by atoms with E-state index in [9.17, 15) is 9.59 Å². The predicted molar refractivity (Wildman–Crippen MR) is 96.5 cm³/mol. The molecule has 2 aromatic carbocycles. The minimum Gasteiger partial charge on any atom is -0.326 e. The fourth-order valence-electron chi connectivity index (χ4n) is 2.97.